The lowest BCUT2D eigenvalue weighted by Gasteiger charge is -2.30. The van der Waals surface area contributed by atoms with Crippen LogP contribution in [0.1, 0.15) is 35.7 Å². The Balaban J connectivity index is 1.41. The Morgan fingerprint density at radius 1 is 1.33 bits per heavy atom. The summed E-state index contributed by atoms with van der Waals surface area (Å²) in [5.74, 6) is 1.28. The summed E-state index contributed by atoms with van der Waals surface area (Å²) in [6.07, 6.45) is 4.14. The second kappa shape index (κ2) is 7.33. The highest BCUT2D eigenvalue weighted by atomic mass is 32.1. The van der Waals surface area contributed by atoms with E-state index >= 15 is 0 Å². The molecule has 0 spiro atoms. The van der Waals surface area contributed by atoms with E-state index in [1.165, 1.54) is 10.4 Å². The summed E-state index contributed by atoms with van der Waals surface area (Å²) in [5, 5.41) is 9.59. The molecule has 0 bridgehead atoms. The Hall–Kier alpha value is -3.04. The van der Waals surface area contributed by atoms with Gasteiger partial charge >= 0.3 is 0 Å². The second-order valence-corrected chi connectivity index (χ2v) is 8.78. The lowest BCUT2D eigenvalue weighted by molar-refractivity contribution is -0.0379. The summed E-state index contributed by atoms with van der Waals surface area (Å²) in [7, 11) is 1.62. The number of fused-ring (bicyclic) bond motifs is 5. The molecule has 0 atom stereocenters. The number of para-hydroxylation sites is 1. The molecule has 1 aromatic carbocycles. The number of oxime groups is 1. The van der Waals surface area contributed by atoms with Crippen LogP contribution < -0.4 is 4.74 Å². The van der Waals surface area contributed by atoms with Crippen molar-refractivity contribution in [1.82, 2.24) is 19.6 Å². The van der Waals surface area contributed by atoms with E-state index in [1.807, 2.05) is 24.3 Å². The molecule has 154 valence electrons. The van der Waals surface area contributed by atoms with Crippen molar-refractivity contribution in [3.63, 3.8) is 0 Å². The summed E-state index contributed by atoms with van der Waals surface area (Å²) >= 11 is 1.66. The van der Waals surface area contributed by atoms with Crippen molar-refractivity contribution in [2.75, 3.05) is 7.11 Å². The molecular weight excluding hydrogens is 402 g/mol. The zero-order valence-corrected chi connectivity index (χ0v) is 17.8. The van der Waals surface area contributed by atoms with Gasteiger partial charge in [-0.15, -0.1) is 16.4 Å². The number of rotatable bonds is 5. The molecule has 5 rings (SSSR count). The largest absolute Gasteiger partial charge is 0.496 e. The molecular formula is C21H21N5O3S. The minimum atomic E-state index is -0.201. The van der Waals surface area contributed by atoms with Gasteiger partial charge in [0.25, 0.3) is 0 Å². The third-order valence-corrected chi connectivity index (χ3v) is 6.16. The van der Waals surface area contributed by atoms with Gasteiger partial charge in [-0.05, 0) is 31.5 Å². The maximum Gasteiger partial charge on any atom is 0.192 e. The van der Waals surface area contributed by atoms with Gasteiger partial charge in [-0.2, -0.15) is 0 Å². The van der Waals surface area contributed by atoms with Gasteiger partial charge < -0.3 is 14.3 Å². The van der Waals surface area contributed by atoms with Crippen LogP contribution in [0.15, 0.2) is 35.7 Å². The number of ether oxygens (including phenoxy) is 2. The van der Waals surface area contributed by atoms with E-state index in [-0.39, 0.29) is 12.2 Å². The van der Waals surface area contributed by atoms with E-state index in [2.05, 4.69) is 29.1 Å². The zero-order chi connectivity index (χ0) is 20.7. The molecule has 0 saturated carbocycles. The van der Waals surface area contributed by atoms with Gasteiger partial charge in [0.15, 0.2) is 18.1 Å². The number of aromatic nitrogens is 4. The average Bonchev–Trinajstić information content (AvgIpc) is 3.31. The summed E-state index contributed by atoms with van der Waals surface area (Å²) in [5.41, 5.74) is 2.69. The summed E-state index contributed by atoms with van der Waals surface area (Å²) in [4.78, 5) is 16.9. The fraction of sp³-hybridized carbons (Fsp3) is 0.333. The van der Waals surface area contributed by atoms with Crippen molar-refractivity contribution < 1.29 is 14.3 Å². The van der Waals surface area contributed by atoms with Gasteiger partial charge in [-0.25, -0.2) is 14.5 Å². The van der Waals surface area contributed by atoms with Crippen molar-refractivity contribution in [1.29, 1.82) is 0 Å². The second-order valence-electron chi connectivity index (χ2n) is 7.70. The average molecular weight is 423 g/mol. The van der Waals surface area contributed by atoms with Crippen LogP contribution in [0.2, 0.25) is 0 Å². The summed E-state index contributed by atoms with van der Waals surface area (Å²) in [6.45, 7) is 4.98. The number of methoxy groups -OCH3 is 1. The van der Waals surface area contributed by atoms with E-state index in [9.17, 15) is 0 Å². The van der Waals surface area contributed by atoms with Crippen molar-refractivity contribution in [3.05, 3.63) is 52.4 Å². The van der Waals surface area contributed by atoms with Crippen LogP contribution in [0.4, 0.5) is 0 Å². The molecule has 0 unspecified atom stereocenters. The number of nitrogens with zero attached hydrogens (tertiary/aromatic N) is 5. The van der Waals surface area contributed by atoms with Crippen LogP contribution >= 0.6 is 11.3 Å². The Morgan fingerprint density at radius 3 is 3.07 bits per heavy atom. The first-order valence-corrected chi connectivity index (χ1v) is 10.4. The Bertz CT molecular complexity index is 1260. The van der Waals surface area contributed by atoms with Gasteiger partial charge in [-0.1, -0.05) is 17.3 Å². The van der Waals surface area contributed by atoms with Gasteiger partial charge in [0.05, 0.1) is 30.9 Å². The number of benzene rings is 1. The topological polar surface area (TPSA) is 83.1 Å². The van der Waals surface area contributed by atoms with Crippen LogP contribution in [-0.2, 0) is 29.2 Å². The fourth-order valence-corrected chi connectivity index (χ4v) is 4.67. The van der Waals surface area contributed by atoms with E-state index < -0.39 is 0 Å². The Kier molecular flexibility index (Phi) is 4.63. The minimum absolute atomic E-state index is 0.162. The molecule has 0 N–H and O–H groups in total. The SMILES string of the molecule is COc1ccccc1/C=N/OCc1nc2c3c4c(sc3ncn2n1)COC(C)(C)C4. The van der Waals surface area contributed by atoms with E-state index in [0.717, 1.165) is 33.6 Å². The first-order valence-electron chi connectivity index (χ1n) is 9.61. The maximum atomic E-state index is 5.95. The minimum Gasteiger partial charge on any atom is -0.496 e. The molecule has 1 aliphatic rings. The van der Waals surface area contributed by atoms with Crippen LogP contribution in [0.25, 0.3) is 15.9 Å². The van der Waals surface area contributed by atoms with Crippen LogP contribution in [0.5, 0.6) is 5.75 Å². The number of hydrogen-bond donors (Lipinski definition) is 0. The monoisotopic (exact) mass is 423 g/mol. The predicted molar refractivity (Wildman–Crippen MR) is 114 cm³/mol. The lowest BCUT2D eigenvalue weighted by Crippen LogP contribution is -2.31. The fourth-order valence-electron chi connectivity index (χ4n) is 3.61. The van der Waals surface area contributed by atoms with Crippen LogP contribution in [0, 0.1) is 0 Å². The third-order valence-electron chi connectivity index (χ3n) is 5.05. The van der Waals surface area contributed by atoms with Crippen molar-refractivity contribution >= 4 is 33.4 Å². The molecule has 1 aliphatic heterocycles. The number of thiophene rings is 1. The van der Waals surface area contributed by atoms with E-state index in [4.69, 9.17) is 19.3 Å². The quantitative estimate of drug-likeness (QED) is 0.359. The third kappa shape index (κ3) is 3.40. The molecule has 8 nitrogen and oxygen atoms in total. The Labute approximate surface area is 177 Å². The molecule has 3 aromatic heterocycles. The van der Waals surface area contributed by atoms with E-state index in [0.29, 0.717) is 12.4 Å². The molecule has 0 radical (unpaired) electrons. The predicted octanol–water partition coefficient (Wildman–Crippen LogP) is 3.75. The van der Waals surface area contributed by atoms with Gasteiger partial charge in [0.1, 0.15) is 16.9 Å². The van der Waals surface area contributed by atoms with Gasteiger partial charge in [0.2, 0.25) is 0 Å². The van der Waals surface area contributed by atoms with Crippen molar-refractivity contribution in [2.24, 2.45) is 5.16 Å². The van der Waals surface area contributed by atoms with Crippen molar-refractivity contribution in [3.8, 4) is 5.75 Å². The van der Waals surface area contributed by atoms with Gasteiger partial charge in [0, 0.05) is 16.9 Å². The smallest absolute Gasteiger partial charge is 0.192 e. The molecule has 4 heterocycles. The first kappa shape index (κ1) is 19.0. The summed E-state index contributed by atoms with van der Waals surface area (Å²) in [6, 6.07) is 7.60. The highest BCUT2D eigenvalue weighted by Crippen LogP contribution is 2.39. The standard InChI is InChI=1S/C21H21N5O3S/c1-21(2)8-14-16(10-28-21)30-20-18(14)19-24-17(25-26(19)12-22-20)11-29-23-9-13-6-4-5-7-15(13)27-3/h4-7,9,12H,8,10-11H2,1-3H3/b23-9+. The Morgan fingerprint density at radius 2 is 2.20 bits per heavy atom. The zero-order valence-electron chi connectivity index (χ0n) is 17.0. The molecule has 30 heavy (non-hydrogen) atoms. The van der Waals surface area contributed by atoms with E-state index in [1.54, 1.807) is 35.5 Å². The maximum absolute atomic E-state index is 5.95. The van der Waals surface area contributed by atoms with Crippen LogP contribution in [0.3, 0.4) is 0 Å². The normalized spacial score (nSPS) is 15.7. The highest BCUT2D eigenvalue weighted by Gasteiger charge is 2.30. The lowest BCUT2D eigenvalue weighted by atomic mass is 9.94. The van der Waals surface area contributed by atoms with Gasteiger partial charge in [-0.3, -0.25) is 0 Å². The number of hydrogen-bond acceptors (Lipinski definition) is 8. The molecule has 0 aliphatic carbocycles. The molecule has 0 saturated heterocycles. The first-order chi connectivity index (χ1) is 14.5. The summed E-state index contributed by atoms with van der Waals surface area (Å²) < 4.78 is 13.0. The molecule has 9 heteroatoms. The van der Waals surface area contributed by atoms with Crippen molar-refractivity contribution in [2.45, 2.75) is 39.1 Å². The molecule has 4 aromatic rings. The molecule has 0 fully saturated rings. The molecule has 0 amide bonds. The highest BCUT2D eigenvalue weighted by molar-refractivity contribution is 7.19. The van der Waals surface area contributed by atoms with Crippen LogP contribution in [-0.4, -0.2) is 38.5 Å².